The molecule has 5 rings (SSSR count). The second-order valence-electron chi connectivity index (χ2n) is 26.1. The highest BCUT2D eigenvalue weighted by atomic mass is 16.5. The topological polar surface area (TPSA) is 311 Å². The van der Waals surface area contributed by atoms with Crippen molar-refractivity contribution in [1.29, 1.82) is 0 Å². The first-order valence-electron chi connectivity index (χ1n) is 33.4. The number of rotatable bonds is 39. The summed E-state index contributed by atoms with van der Waals surface area (Å²) in [6.45, 7) is 13.9. The summed E-state index contributed by atoms with van der Waals surface area (Å²) in [6, 6.07) is 19.2. The number of benzene rings is 3. The molecule has 10 amide bonds. The molecule has 23 heteroatoms. The molecule has 2 heterocycles. The molecule has 1 unspecified atom stereocenters. The van der Waals surface area contributed by atoms with Crippen LogP contribution in [-0.2, 0) is 65.5 Å². The van der Waals surface area contributed by atoms with Gasteiger partial charge in [-0.15, -0.1) is 0 Å². The number of likely N-dealkylation sites (tertiary alicyclic amines) is 1. The lowest BCUT2D eigenvalue weighted by Crippen LogP contribution is -2.59. The van der Waals surface area contributed by atoms with E-state index < -0.39 is 83.9 Å². The molecule has 0 saturated carbocycles. The zero-order valence-electron chi connectivity index (χ0n) is 57.1. The molecule has 1 saturated heterocycles. The van der Waals surface area contributed by atoms with Crippen LogP contribution in [0.5, 0.6) is 0 Å². The summed E-state index contributed by atoms with van der Waals surface area (Å²) in [4.78, 5) is 143. The van der Waals surface area contributed by atoms with Gasteiger partial charge in [0.15, 0.2) is 0 Å². The fourth-order valence-corrected chi connectivity index (χ4v) is 12.8. The van der Waals surface area contributed by atoms with Gasteiger partial charge in [0.1, 0.15) is 24.2 Å². The van der Waals surface area contributed by atoms with Gasteiger partial charge in [-0.3, -0.25) is 57.7 Å². The number of carbonyl (C=O) groups excluding carboxylic acids is 10. The van der Waals surface area contributed by atoms with Crippen LogP contribution in [0.1, 0.15) is 130 Å². The molecular formula is C71H105N11O12. The summed E-state index contributed by atoms with van der Waals surface area (Å²) in [5.74, 6) is -5.95. The summed E-state index contributed by atoms with van der Waals surface area (Å²) < 4.78 is 6.08. The number of imide groups is 1. The van der Waals surface area contributed by atoms with Crippen LogP contribution in [0.4, 0.5) is 11.4 Å². The lowest BCUT2D eigenvalue weighted by molar-refractivity contribution is -0.145. The number of ether oxygens (including phenoxy) is 1. The van der Waals surface area contributed by atoms with E-state index in [4.69, 9.17) is 10.5 Å². The third-order valence-electron chi connectivity index (χ3n) is 18.1. The molecule has 94 heavy (non-hydrogen) atoms. The number of anilines is 2. The molecule has 23 nitrogen and oxygen atoms in total. The molecule has 2 aliphatic heterocycles. The number of nitrogens with one attached hydrogen (secondary N) is 6. The SMILES string of the molecule is CC[C@H](C)[C@@H]([C@H](CO)CC(=O)N1CCC[C@H]1[C@H](OC)[C@@H](C)C(=O)N[C@@H](Cc1ccccc1)C(=O)Nc1ccc(NC(=O)[C@H](CCCCN)NC(=O)[C@H](Cc2ccccc2)NC(=O)CCCCCN2C(=O)C=CC2=O)cc1)N(C)C(=O)[C@@H](NC(=O)C(C(C)C)N(C)C)C(C)C. The van der Waals surface area contributed by atoms with Crippen molar-refractivity contribution in [2.45, 2.75) is 180 Å². The Hall–Kier alpha value is -7.86. The molecular weight excluding hydrogens is 1200 g/mol. The van der Waals surface area contributed by atoms with Crippen LogP contribution in [0, 0.1) is 29.6 Å². The minimum absolute atomic E-state index is 0.0169. The summed E-state index contributed by atoms with van der Waals surface area (Å²) in [6.07, 6.45) is 6.63. The number of aliphatic hydroxyl groups is 1. The molecule has 0 aromatic heterocycles. The average molecular weight is 1300 g/mol. The van der Waals surface area contributed by atoms with Crippen LogP contribution < -0.4 is 37.6 Å². The van der Waals surface area contributed by atoms with Gasteiger partial charge in [-0.25, -0.2) is 0 Å². The number of amides is 10. The van der Waals surface area contributed by atoms with Crippen LogP contribution >= 0.6 is 0 Å². The van der Waals surface area contributed by atoms with Crippen molar-refractivity contribution in [3.05, 3.63) is 108 Å². The predicted molar refractivity (Wildman–Crippen MR) is 362 cm³/mol. The normalized spacial score (nSPS) is 17.1. The van der Waals surface area contributed by atoms with Gasteiger partial charge in [0, 0.05) is 95.0 Å². The third kappa shape index (κ3) is 22.7. The standard InChI is InChI=1S/C71H105N11O12/c1-12-47(6)64(80(10)71(93)62(45(2)3)78-70(92)63(46(4)5)79(8)9)51(44-83)43-61(87)81-40-24-30-57(81)65(94-11)48(7)66(88)77-56(42-50-27-18-14-19-28-50)68(90)74-53-34-32-52(33-35-53)73-67(89)54(29-21-22-38-72)76-69(91)55(41-49-25-16-13-17-26-49)75-58(84)31-20-15-23-39-82-59(85)36-37-60(82)86/h13-14,16-19,25-28,32-37,45-48,51,54-57,62-65,83H,12,15,20-24,29-31,38-44,72H2,1-11H3,(H,73,89)(H,74,90)(H,75,84)(H,76,91)(H,77,88)(H,78,92)/t47-,48+,51-,54-,55-,56-,57-,62-,63?,64-,65+/m0/s1. The summed E-state index contributed by atoms with van der Waals surface area (Å²) in [5, 5.41) is 28.6. The maximum atomic E-state index is 14.6. The smallest absolute Gasteiger partial charge is 0.253 e. The van der Waals surface area contributed by atoms with E-state index in [1.807, 2.05) is 121 Å². The number of methoxy groups -OCH3 is 1. The van der Waals surface area contributed by atoms with Crippen molar-refractivity contribution in [1.82, 2.24) is 40.9 Å². The lowest BCUT2D eigenvalue weighted by atomic mass is 9.83. The number of nitrogens with two attached hydrogens (primary N) is 1. The minimum Gasteiger partial charge on any atom is -0.396 e. The van der Waals surface area contributed by atoms with Crippen LogP contribution in [0.2, 0.25) is 0 Å². The zero-order chi connectivity index (χ0) is 69.2. The van der Waals surface area contributed by atoms with Gasteiger partial charge in [0.2, 0.25) is 47.3 Å². The number of hydrogen-bond acceptors (Lipinski definition) is 14. The molecule has 0 bridgehead atoms. The van der Waals surface area contributed by atoms with Crippen LogP contribution in [0.15, 0.2) is 97.1 Å². The highest BCUT2D eigenvalue weighted by Gasteiger charge is 2.44. The van der Waals surface area contributed by atoms with Crippen molar-refractivity contribution < 1.29 is 57.8 Å². The largest absolute Gasteiger partial charge is 0.396 e. The zero-order valence-corrected chi connectivity index (χ0v) is 57.1. The van der Waals surface area contributed by atoms with Crippen molar-refractivity contribution >= 4 is 70.4 Å². The predicted octanol–water partition coefficient (Wildman–Crippen LogP) is 5.36. The maximum Gasteiger partial charge on any atom is 0.253 e. The first-order chi connectivity index (χ1) is 44.8. The van der Waals surface area contributed by atoms with E-state index in [0.29, 0.717) is 75.8 Å². The molecule has 0 radical (unpaired) electrons. The fourth-order valence-electron chi connectivity index (χ4n) is 12.8. The highest BCUT2D eigenvalue weighted by Crippen LogP contribution is 2.31. The van der Waals surface area contributed by atoms with Gasteiger partial charge >= 0.3 is 0 Å². The molecule has 1 fully saturated rings. The molecule has 11 atom stereocenters. The molecule has 0 aliphatic carbocycles. The number of hydrogen-bond donors (Lipinski definition) is 8. The van der Waals surface area contributed by atoms with Crippen LogP contribution in [0.3, 0.4) is 0 Å². The molecule has 2 aliphatic rings. The Morgan fingerprint density at radius 1 is 0.660 bits per heavy atom. The van der Waals surface area contributed by atoms with E-state index in [1.165, 1.54) is 19.3 Å². The molecule has 3 aromatic rings. The molecule has 3 aromatic carbocycles. The van der Waals surface area contributed by atoms with E-state index in [2.05, 4.69) is 31.9 Å². The number of unbranched alkanes of at least 4 members (excludes halogenated alkanes) is 3. The van der Waals surface area contributed by atoms with Gasteiger partial charge in [-0.2, -0.15) is 0 Å². The second kappa shape index (κ2) is 38.5. The first kappa shape index (κ1) is 76.8. The van der Waals surface area contributed by atoms with E-state index in [9.17, 15) is 53.1 Å². The Bertz CT molecular complexity index is 2980. The fraction of sp³-hybridized carbons (Fsp3) is 0.577. The summed E-state index contributed by atoms with van der Waals surface area (Å²) in [5.41, 5.74) is 8.11. The third-order valence-corrected chi connectivity index (χ3v) is 18.1. The van der Waals surface area contributed by atoms with Crippen molar-refractivity contribution in [2.24, 2.45) is 35.3 Å². The van der Waals surface area contributed by atoms with Gasteiger partial charge in [-0.1, -0.05) is 122 Å². The quantitative estimate of drug-likeness (QED) is 0.0264. The molecule has 516 valence electrons. The monoisotopic (exact) mass is 1300 g/mol. The Morgan fingerprint density at radius 3 is 1.72 bits per heavy atom. The van der Waals surface area contributed by atoms with E-state index in [1.54, 1.807) is 48.0 Å². The Balaban J connectivity index is 1.25. The Morgan fingerprint density at radius 2 is 1.21 bits per heavy atom. The number of likely N-dealkylation sites (N-methyl/N-ethyl adjacent to an activating group) is 2. The maximum absolute atomic E-state index is 14.6. The van der Waals surface area contributed by atoms with Crippen LogP contribution in [0.25, 0.3) is 0 Å². The van der Waals surface area contributed by atoms with Gasteiger partial charge in [0.25, 0.3) is 11.8 Å². The van der Waals surface area contributed by atoms with Gasteiger partial charge in [0.05, 0.1) is 24.1 Å². The second-order valence-corrected chi connectivity index (χ2v) is 26.1. The van der Waals surface area contributed by atoms with Crippen molar-refractivity contribution in [3.8, 4) is 0 Å². The van der Waals surface area contributed by atoms with Crippen LogP contribution in [-0.4, -0.2) is 187 Å². The Labute approximate surface area is 555 Å². The molecule has 0 spiro atoms. The molecule has 9 N–H and O–H groups in total. The number of carbonyl (C=O) groups is 10. The number of aliphatic hydroxyl groups excluding tert-OH is 1. The number of nitrogens with zero attached hydrogens (tertiary/aromatic N) is 4. The summed E-state index contributed by atoms with van der Waals surface area (Å²) >= 11 is 0. The summed E-state index contributed by atoms with van der Waals surface area (Å²) in [7, 11) is 6.81. The van der Waals surface area contributed by atoms with E-state index in [0.717, 1.165) is 16.0 Å². The van der Waals surface area contributed by atoms with Gasteiger partial charge < -0.3 is 57.3 Å². The van der Waals surface area contributed by atoms with E-state index in [-0.39, 0.29) is 98.5 Å². The van der Waals surface area contributed by atoms with Gasteiger partial charge in [-0.05, 0) is 119 Å². The average Bonchev–Trinajstić information content (AvgIpc) is 1.50. The first-order valence-corrected chi connectivity index (χ1v) is 33.4. The Kier molecular flexibility index (Phi) is 31.5. The lowest BCUT2D eigenvalue weighted by Gasteiger charge is -2.41. The minimum atomic E-state index is -1.08. The van der Waals surface area contributed by atoms with Crippen molar-refractivity contribution in [3.63, 3.8) is 0 Å². The highest BCUT2D eigenvalue weighted by molar-refractivity contribution is 6.12. The van der Waals surface area contributed by atoms with E-state index >= 15 is 0 Å². The van der Waals surface area contributed by atoms with Crippen molar-refractivity contribution in [2.75, 3.05) is 65.1 Å².